The van der Waals surface area contributed by atoms with Crippen molar-refractivity contribution >= 4 is 12.0 Å². The second-order valence-electron chi connectivity index (χ2n) is 4.82. The summed E-state index contributed by atoms with van der Waals surface area (Å²) in [5.74, 6) is -0.200. The number of benzene rings is 2. The summed E-state index contributed by atoms with van der Waals surface area (Å²) < 4.78 is 0. The molecule has 0 heterocycles. The first-order valence-electron chi connectivity index (χ1n) is 6.96. The van der Waals surface area contributed by atoms with Crippen molar-refractivity contribution < 1.29 is 9.90 Å². The van der Waals surface area contributed by atoms with Gasteiger partial charge >= 0.3 is 0 Å². The first kappa shape index (κ1) is 15.0. The smallest absolute Gasteiger partial charge is 0.244 e. The number of amides is 1. The Morgan fingerprint density at radius 2 is 1.67 bits per heavy atom. The molecule has 0 aliphatic heterocycles. The van der Waals surface area contributed by atoms with Crippen LogP contribution in [0, 0.1) is 0 Å². The van der Waals surface area contributed by atoms with Gasteiger partial charge in [0.05, 0.1) is 12.6 Å². The molecule has 0 aromatic heterocycles. The van der Waals surface area contributed by atoms with Crippen molar-refractivity contribution in [2.45, 2.75) is 12.5 Å². The average Bonchev–Trinajstić information content (AvgIpc) is 2.54. The fourth-order valence-electron chi connectivity index (χ4n) is 2.05. The number of hydrogen-bond acceptors (Lipinski definition) is 2. The van der Waals surface area contributed by atoms with E-state index >= 15 is 0 Å². The molecule has 108 valence electrons. The third kappa shape index (κ3) is 5.24. The van der Waals surface area contributed by atoms with Crippen LogP contribution in [0.1, 0.15) is 11.1 Å². The van der Waals surface area contributed by atoms with E-state index in [0.29, 0.717) is 6.42 Å². The lowest BCUT2D eigenvalue weighted by Crippen LogP contribution is -2.38. The first-order chi connectivity index (χ1) is 10.3. The van der Waals surface area contributed by atoms with E-state index in [-0.39, 0.29) is 18.6 Å². The van der Waals surface area contributed by atoms with Gasteiger partial charge in [-0.2, -0.15) is 0 Å². The molecule has 0 saturated carbocycles. The van der Waals surface area contributed by atoms with Gasteiger partial charge < -0.3 is 10.4 Å². The SMILES string of the molecule is O=C(/C=C/c1ccccc1)N[C@@H](CO)Cc1ccccc1. The number of carbonyl (C=O) groups is 1. The number of aliphatic hydroxyl groups is 1. The minimum Gasteiger partial charge on any atom is -0.394 e. The quantitative estimate of drug-likeness (QED) is 0.799. The van der Waals surface area contributed by atoms with Crippen molar-refractivity contribution in [2.24, 2.45) is 0 Å². The molecule has 0 saturated heterocycles. The molecule has 2 rings (SSSR count). The highest BCUT2D eigenvalue weighted by molar-refractivity contribution is 5.91. The van der Waals surface area contributed by atoms with E-state index in [2.05, 4.69) is 5.32 Å². The van der Waals surface area contributed by atoms with Gasteiger partial charge in [-0.05, 0) is 23.6 Å². The lowest BCUT2D eigenvalue weighted by molar-refractivity contribution is -0.117. The van der Waals surface area contributed by atoms with Crippen molar-refractivity contribution in [1.29, 1.82) is 0 Å². The predicted octanol–water partition coefficient (Wildman–Crippen LogP) is 2.42. The zero-order valence-corrected chi connectivity index (χ0v) is 11.8. The third-order valence-electron chi connectivity index (χ3n) is 3.12. The van der Waals surface area contributed by atoms with Crippen LogP contribution >= 0.6 is 0 Å². The van der Waals surface area contributed by atoms with Crippen LogP contribution in [0.15, 0.2) is 66.7 Å². The molecule has 3 nitrogen and oxygen atoms in total. The third-order valence-corrected chi connectivity index (χ3v) is 3.12. The van der Waals surface area contributed by atoms with Crippen molar-refractivity contribution in [3.05, 3.63) is 77.9 Å². The molecule has 0 radical (unpaired) electrons. The van der Waals surface area contributed by atoms with Crippen molar-refractivity contribution in [3.8, 4) is 0 Å². The van der Waals surface area contributed by atoms with E-state index in [1.807, 2.05) is 60.7 Å². The highest BCUT2D eigenvalue weighted by Crippen LogP contribution is 2.04. The molecular weight excluding hydrogens is 262 g/mol. The lowest BCUT2D eigenvalue weighted by atomic mass is 10.1. The first-order valence-corrected chi connectivity index (χ1v) is 6.96. The zero-order valence-electron chi connectivity index (χ0n) is 11.8. The van der Waals surface area contributed by atoms with Crippen LogP contribution in [0.5, 0.6) is 0 Å². The van der Waals surface area contributed by atoms with E-state index in [9.17, 15) is 9.90 Å². The van der Waals surface area contributed by atoms with Crippen molar-refractivity contribution in [1.82, 2.24) is 5.32 Å². The Morgan fingerprint density at radius 3 is 2.29 bits per heavy atom. The van der Waals surface area contributed by atoms with Gasteiger partial charge in [0.15, 0.2) is 0 Å². The summed E-state index contributed by atoms with van der Waals surface area (Å²) in [6.45, 7) is -0.0835. The van der Waals surface area contributed by atoms with Crippen LogP contribution in [0.25, 0.3) is 6.08 Å². The topological polar surface area (TPSA) is 49.3 Å². The standard InChI is InChI=1S/C18H19NO2/c20-14-17(13-16-9-5-2-6-10-16)19-18(21)12-11-15-7-3-1-4-8-15/h1-12,17,20H,13-14H2,(H,19,21)/b12-11+/t17-/m1/s1. The van der Waals surface area contributed by atoms with Gasteiger partial charge in [-0.15, -0.1) is 0 Å². The Hall–Kier alpha value is -2.39. The van der Waals surface area contributed by atoms with Crippen LogP contribution in [-0.2, 0) is 11.2 Å². The van der Waals surface area contributed by atoms with E-state index in [0.717, 1.165) is 11.1 Å². The van der Waals surface area contributed by atoms with Gasteiger partial charge in [0.2, 0.25) is 5.91 Å². The molecule has 1 amide bonds. The predicted molar refractivity (Wildman–Crippen MR) is 84.6 cm³/mol. The Kier molecular flexibility index (Phi) is 5.73. The molecule has 0 bridgehead atoms. The normalized spacial score (nSPS) is 12.2. The second kappa shape index (κ2) is 8.02. The van der Waals surface area contributed by atoms with Crippen LogP contribution in [0.3, 0.4) is 0 Å². The number of hydrogen-bond donors (Lipinski definition) is 2. The maximum Gasteiger partial charge on any atom is 0.244 e. The zero-order chi connectivity index (χ0) is 14.9. The monoisotopic (exact) mass is 281 g/mol. The Bertz CT molecular complexity index is 579. The summed E-state index contributed by atoms with van der Waals surface area (Å²) in [6.07, 6.45) is 3.86. The fraction of sp³-hybridized carbons (Fsp3) is 0.167. The summed E-state index contributed by atoms with van der Waals surface area (Å²) in [5, 5.41) is 12.2. The van der Waals surface area contributed by atoms with E-state index in [1.54, 1.807) is 6.08 Å². The molecule has 2 aromatic rings. The van der Waals surface area contributed by atoms with Gasteiger partial charge in [0, 0.05) is 6.08 Å². The highest BCUT2D eigenvalue weighted by atomic mass is 16.3. The molecule has 0 aliphatic carbocycles. The maximum atomic E-state index is 11.9. The molecular formula is C18H19NO2. The maximum absolute atomic E-state index is 11.9. The molecule has 0 fully saturated rings. The summed E-state index contributed by atoms with van der Waals surface area (Å²) in [7, 11) is 0. The van der Waals surface area contributed by atoms with Crippen LogP contribution in [0.2, 0.25) is 0 Å². The van der Waals surface area contributed by atoms with Gasteiger partial charge in [-0.25, -0.2) is 0 Å². The van der Waals surface area contributed by atoms with Gasteiger partial charge in [-0.3, -0.25) is 4.79 Å². The molecule has 1 atom stereocenters. The summed E-state index contributed by atoms with van der Waals surface area (Å²) in [5.41, 5.74) is 2.06. The van der Waals surface area contributed by atoms with E-state index in [1.165, 1.54) is 6.08 Å². The fourth-order valence-corrected chi connectivity index (χ4v) is 2.05. The highest BCUT2D eigenvalue weighted by Gasteiger charge is 2.10. The number of carbonyl (C=O) groups excluding carboxylic acids is 1. The van der Waals surface area contributed by atoms with Crippen LogP contribution < -0.4 is 5.32 Å². The summed E-state index contributed by atoms with van der Waals surface area (Å²) in [6, 6.07) is 19.1. The van der Waals surface area contributed by atoms with E-state index < -0.39 is 0 Å². The number of aliphatic hydroxyl groups excluding tert-OH is 1. The van der Waals surface area contributed by atoms with Crippen molar-refractivity contribution in [3.63, 3.8) is 0 Å². The molecule has 2 aromatic carbocycles. The number of nitrogens with one attached hydrogen (secondary N) is 1. The van der Waals surface area contributed by atoms with Gasteiger partial charge in [0.25, 0.3) is 0 Å². The molecule has 21 heavy (non-hydrogen) atoms. The van der Waals surface area contributed by atoms with Crippen LogP contribution in [0.4, 0.5) is 0 Å². The van der Waals surface area contributed by atoms with Gasteiger partial charge in [0.1, 0.15) is 0 Å². The molecule has 2 N–H and O–H groups in total. The minimum absolute atomic E-state index is 0.0835. The average molecular weight is 281 g/mol. The Labute approximate surface area is 124 Å². The van der Waals surface area contributed by atoms with Crippen LogP contribution in [-0.4, -0.2) is 23.7 Å². The molecule has 0 unspecified atom stereocenters. The molecule has 0 spiro atoms. The molecule has 0 aliphatic rings. The minimum atomic E-state index is -0.277. The van der Waals surface area contributed by atoms with Crippen molar-refractivity contribution in [2.75, 3.05) is 6.61 Å². The Balaban J connectivity index is 1.89. The Morgan fingerprint density at radius 1 is 1.05 bits per heavy atom. The summed E-state index contributed by atoms with van der Waals surface area (Å²) in [4.78, 5) is 11.9. The molecule has 3 heteroatoms. The lowest BCUT2D eigenvalue weighted by Gasteiger charge is -2.15. The summed E-state index contributed by atoms with van der Waals surface area (Å²) >= 11 is 0. The second-order valence-corrected chi connectivity index (χ2v) is 4.82. The largest absolute Gasteiger partial charge is 0.394 e. The van der Waals surface area contributed by atoms with Gasteiger partial charge in [-0.1, -0.05) is 60.7 Å². The van der Waals surface area contributed by atoms with E-state index in [4.69, 9.17) is 0 Å². The number of rotatable bonds is 6.